The normalized spacial score (nSPS) is 25.5. The van der Waals surface area contributed by atoms with Crippen LogP contribution in [0.5, 0.6) is 0 Å². The van der Waals surface area contributed by atoms with Gasteiger partial charge in [-0.25, -0.2) is 0 Å². The van der Waals surface area contributed by atoms with Gasteiger partial charge in [0.05, 0.1) is 5.92 Å². The number of carboxylic acids is 1. The summed E-state index contributed by atoms with van der Waals surface area (Å²) in [5, 5.41) is 9.22. The third kappa shape index (κ3) is 2.81. The summed E-state index contributed by atoms with van der Waals surface area (Å²) in [5.41, 5.74) is 3.87. The molecule has 0 aliphatic carbocycles. The fraction of sp³-hybridized carbons (Fsp3) is 0.562. The first kappa shape index (κ1) is 14.1. The van der Waals surface area contributed by atoms with E-state index in [4.69, 9.17) is 0 Å². The SMILES string of the molecule is Cc1ccc(C(C)N2CC(C)C(C(=O)O)C2)c(C)c1. The highest BCUT2D eigenvalue weighted by Gasteiger charge is 2.37. The molecule has 1 aliphatic heterocycles. The van der Waals surface area contributed by atoms with Gasteiger partial charge in [-0.15, -0.1) is 0 Å². The van der Waals surface area contributed by atoms with E-state index < -0.39 is 5.97 Å². The molecule has 19 heavy (non-hydrogen) atoms. The third-order valence-electron chi connectivity index (χ3n) is 4.38. The van der Waals surface area contributed by atoms with Crippen LogP contribution in [0.2, 0.25) is 0 Å². The summed E-state index contributed by atoms with van der Waals surface area (Å²) in [6.07, 6.45) is 0. The quantitative estimate of drug-likeness (QED) is 0.909. The minimum absolute atomic E-state index is 0.228. The largest absolute Gasteiger partial charge is 0.481 e. The molecule has 1 aromatic rings. The van der Waals surface area contributed by atoms with Gasteiger partial charge in [0, 0.05) is 19.1 Å². The van der Waals surface area contributed by atoms with Crippen molar-refractivity contribution in [1.82, 2.24) is 4.90 Å². The lowest BCUT2D eigenvalue weighted by Crippen LogP contribution is -2.26. The van der Waals surface area contributed by atoms with E-state index in [0.29, 0.717) is 6.54 Å². The average molecular weight is 261 g/mol. The van der Waals surface area contributed by atoms with E-state index in [0.717, 1.165) is 6.54 Å². The molecule has 0 bridgehead atoms. The van der Waals surface area contributed by atoms with Gasteiger partial charge in [0.15, 0.2) is 0 Å². The molecule has 1 N–H and O–H groups in total. The van der Waals surface area contributed by atoms with Crippen LogP contribution in [-0.2, 0) is 4.79 Å². The molecule has 3 heteroatoms. The Balaban J connectivity index is 2.17. The summed E-state index contributed by atoms with van der Waals surface area (Å²) in [5.74, 6) is -0.665. The molecule has 3 unspecified atom stereocenters. The van der Waals surface area contributed by atoms with E-state index in [-0.39, 0.29) is 17.9 Å². The zero-order valence-corrected chi connectivity index (χ0v) is 12.2. The van der Waals surface area contributed by atoms with Gasteiger partial charge in [-0.1, -0.05) is 30.7 Å². The second-order valence-electron chi connectivity index (χ2n) is 5.91. The monoisotopic (exact) mass is 261 g/mol. The van der Waals surface area contributed by atoms with Crippen LogP contribution < -0.4 is 0 Å². The Morgan fingerprint density at radius 1 is 1.37 bits per heavy atom. The number of aliphatic carboxylic acids is 1. The Morgan fingerprint density at radius 2 is 2.05 bits per heavy atom. The van der Waals surface area contributed by atoms with Gasteiger partial charge in [-0.05, 0) is 37.8 Å². The second-order valence-corrected chi connectivity index (χ2v) is 5.91. The van der Waals surface area contributed by atoms with Crippen molar-refractivity contribution in [2.45, 2.75) is 33.7 Å². The van der Waals surface area contributed by atoms with Crippen LogP contribution in [0.1, 0.15) is 36.6 Å². The van der Waals surface area contributed by atoms with E-state index in [1.807, 2.05) is 6.92 Å². The van der Waals surface area contributed by atoms with Crippen molar-refractivity contribution < 1.29 is 9.90 Å². The first-order valence-corrected chi connectivity index (χ1v) is 6.94. The van der Waals surface area contributed by atoms with Crippen molar-refractivity contribution in [2.75, 3.05) is 13.1 Å². The fourth-order valence-corrected chi connectivity index (χ4v) is 3.13. The van der Waals surface area contributed by atoms with E-state index >= 15 is 0 Å². The number of benzene rings is 1. The molecule has 104 valence electrons. The van der Waals surface area contributed by atoms with E-state index in [9.17, 15) is 9.90 Å². The van der Waals surface area contributed by atoms with Gasteiger partial charge in [0.1, 0.15) is 0 Å². The van der Waals surface area contributed by atoms with Crippen LogP contribution in [0.25, 0.3) is 0 Å². The smallest absolute Gasteiger partial charge is 0.308 e. The lowest BCUT2D eigenvalue weighted by molar-refractivity contribution is -0.142. The van der Waals surface area contributed by atoms with Gasteiger partial charge in [0.25, 0.3) is 0 Å². The molecule has 0 amide bonds. The first-order valence-electron chi connectivity index (χ1n) is 6.94. The van der Waals surface area contributed by atoms with Crippen LogP contribution in [-0.4, -0.2) is 29.1 Å². The molecular formula is C16H23NO2. The predicted octanol–water partition coefficient (Wildman–Crippen LogP) is 3.02. The standard InChI is InChI=1S/C16H23NO2/c1-10-5-6-14(11(2)7-10)13(4)17-8-12(3)15(9-17)16(18)19/h5-7,12-13,15H,8-9H2,1-4H3,(H,18,19). The maximum Gasteiger partial charge on any atom is 0.308 e. The van der Waals surface area contributed by atoms with Crippen LogP contribution in [0.3, 0.4) is 0 Å². The van der Waals surface area contributed by atoms with Gasteiger partial charge < -0.3 is 5.11 Å². The molecule has 2 rings (SSSR count). The highest BCUT2D eigenvalue weighted by molar-refractivity contribution is 5.71. The van der Waals surface area contributed by atoms with Gasteiger partial charge in [0.2, 0.25) is 0 Å². The molecule has 1 heterocycles. The predicted molar refractivity (Wildman–Crippen MR) is 76.2 cm³/mol. The van der Waals surface area contributed by atoms with Gasteiger partial charge >= 0.3 is 5.97 Å². The topological polar surface area (TPSA) is 40.5 Å². The van der Waals surface area contributed by atoms with E-state index in [2.05, 4.69) is 43.9 Å². The summed E-state index contributed by atoms with van der Waals surface area (Å²) in [4.78, 5) is 13.5. The van der Waals surface area contributed by atoms with Crippen LogP contribution in [0, 0.1) is 25.7 Å². The number of carboxylic acid groups (broad SMARTS) is 1. The molecule has 1 fully saturated rings. The molecule has 3 atom stereocenters. The zero-order valence-electron chi connectivity index (χ0n) is 12.2. The lowest BCUT2D eigenvalue weighted by atomic mass is 9.99. The van der Waals surface area contributed by atoms with Crippen molar-refractivity contribution in [2.24, 2.45) is 11.8 Å². The molecule has 3 nitrogen and oxygen atoms in total. The van der Waals surface area contributed by atoms with E-state index in [1.54, 1.807) is 0 Å². The number of rotatable bonds is 3. The second kappa shape index (κ2) is 5.33. The summed E-state index contributed by atoms with van der Waals surface area (Å²) in [6.45, 7) is 9.96. The maximum atomic E-state index is 11.2. The van der Waals surface area contributed by atoms with Crippen molar-refractivity contribution in [3.05, 3.63) is 34.9 Å². The Labute approximate surface area is 115 Å². The maximum absolute atomic E-state index is 11.2. The summed E-state index contributed by atoms with van der Waals surface area (Å²) in [6, 6.07) is 6.79. The molecule has 0 saturated carbocycles. The minimum atomic E-state index is -0.664. The summed E-state index contributed by atoms with van der Waals surface area (Å²) >= 11 is 0. The first-order chi connectivity index (χ1) is 8.90. The molecule has 1 saturated heterocycles. The molecule has 0 radical (unpaired) electrons. The third-order valence-corrected chi connectivity index (χ3v) is 4.38. The van der Waals surface area contributed by atoms with Crippen LogP contribution in [0.4, 0.5) is 0 Å². The minimum Gasteiger partial charge on any atom is -0.481 e. The van der Waals surface area contributed by atoms with E-state index in [1.165, 1.54) is 16.7 Å². The van der Waals surface area contributed by atoms with Crippen molar-refractivity contribution in [3.8, 4) is 0 Å². The Kier molecular flexibility index (Phi) is 3.95. The Hall–Kier alpha value is -1.35. The number of nitrogens with zero attached hydrogens (tertiary/aromatic N) is 1. The average Bonchev–Trinajstić information content (AvgIpc) is 2.70. The highest BCUT2D eigenvalue weighted by atomic mass is 16.4. The number of aryl methyl sites for hydroxylation is 2. The Morgan fingerprint density at radius 3 is 2.58 bits per heavy atom. The Bertz CT molecular complexity index is 484. The highest BCUT2D eigenvalue weighted by Crippen LogP contribution is 2.32. The lowest BCUT2D eigenvalue weighted by Gasteiger charge is -2.26. The van der Waals surface area contributed by atoms with Gasteiger partial charge in [-0.3, -0.25) is 9.69 Å². The summed E-state index contributed by atoms with van der Waals surface area (Å²) < 4.78 is 0. The van der Waals surface area contributed by atoms with Gasteiger partial charge in [-0.2, -0.15) is 0 Å². The number of hydrogen-bond acceptors (Lipinski definition) is 2. The fourth-order valence-electron chi connectivity index (χ4n) is 3.13. The van der Waals surface area contributed by atoms with Crippen molar-refractivity contribution in [1.29, 1.82) is 0 Å². The summed E-state index contributed by atoms with van der Waals surface area (Å²) in [7, 11) is 0. The number of carbonyl (C=O) groups is 1. The van der Waals surface area contributed by atoms with Crippen LogP contribution >= 0.6 is 0 Å². The molecule has 1 aliphatic rings. The zero-order chi connectivity index (χ0) is 14.2. The number of likely N-dealkylation sites (tertiary alicyclic amines) is 1. The van der Waals surface area contributed by atoms with Crippen molar-refractivity contribution >= 4 is 5.97 Å². The van der Waals surface area contributed by atoms with Crippen LogP contribution in [0.15, 0.2) is 18.2 Å². The molecule has 1 aromatic carbocycles. The molecule has 0 aromatic heterocycles. The molecular weight excluding hydrogens is 238 g/mol. The number of hydrogen-bond donors (Lipinski definition) is 1. The molecule has 0 spiro atoms. The van der Waals surface area contributed by atoms with Crippen molar-refractivity contribution in [3.63, 3.8) is 0 Å².